The highest BCUT2D eigenvalue weighted by atomic mass is 35.5. The van der Waals surface area contributed by atoms with Gasteiger partial charge in [-0.3, -0.25) is 4.79 Å². The molecule has 3 rings (SSSR count). The molecular weight excluding hydrogens is 336 g/mol. The monoisotopic (exact) mass is 360 g/mol. The lowest BCUT2D eigenvalue weighted by atomic mass is 9.91. The first-order chi connectivity index (χ1) is 11.9. The zero-order valence-corrected chi connectivity index (χ0v) is 15.5. The van der Waals surface area contributed by atoms with E-state index < -0.39 is 0 Å². The minimum Gasteiger partial charge on any atom is -0.353 e. The van der Waals surface area contributed by atoms with Gasteiger partial charge in [-0.25, -0.2) is 4.68 Å². The van der Waals surface area contributed by atoms with Gasteiger partial charge in [0, 0.05) is 28.4 Å². The Morgan fingerprint density at radius 2 is 1.88 bits per heavy atom. The van der Waals surface area contributed by atoms with Crippen molar-refractivity contribution in [1.82, 2.24) is 15.1 Å². The van der Waals surface area contributed by atoms with Gasteiger partial charge in [-0.15, -0.1) is 0 Å². The molecule has 134 valence electrons. The van der Waals surface area contributed by atoms with Crippen molar-refractivity contribution < 1.29 is 4.79 Å². The Morgan fingerprint density at radius 3 is 2.52 bits per heavy atom. The fourth-order valence-electron chi connectivity index (χ4n) is 3.47. The maximum Gasteiger partial charge on any atom is 0.224 e. The number of amides is 1. The minimum absolute atomic E-state index is 0.0577. The average molecular weight is 361 g/mol. The third kappa shape index (κ3) is 4.22. The van der Waals surface area contributed by atoms with Gasteiger partial charge in [-0.05, 0) is 63.8 Å². The van der Waals surface area contributed by atoms with Crippen molar-refractivity contribution in [3.63, 3.8) is 0 Å². The molecule has 5 nitrogen and oxygen atoms in total. The van der Waals surface area contributed by atoms with E-state index in [2.05, 4.69) is 10.4 Å². The lowest BCUT2D eigenvalue weighted by Crippen LogP contribution is -2.41. The van der Waals surface area contributed by atoms with Crippen molar-refractivity contribution in [2.24, 2.45) is 5.73 Å². The second-order valence-electron chi connectivity index (χ2n) is 6.89. The number of carbonyl (C=O) groups excluding carboxylic acids is 1. The second-order valence-corrected chi connectivity index (χ2v) is 7.33. The molecule has 1 amide bonds. The van der Waals surface area contributed by atoms with Crippen LogP contribution in [-0.4, -0.2) is 27.8 Å². The normalized spacial score (nSPS) is 20.5. The van der Waals surface area contributed by atoms with Crippen LogP contribution in [0.15, 0.2) is 24.3 Å². The number of aryl methyl sites for hydroxylation is 1. The lowest BCUT2D eigenvalue weighted by Gasteiger charge is -2.26. The highest BCUT2D eigenvalue weighted by Gasteiger charge is 2.22. The molecule has 25 heavy (non-hydrogen) atoms. The summed E-state index contributed by atoms with van der Waals surface area (Å²) in [4.78, 5) is 12.5. The number of carbonyl (C=O) groups is 1. The summed E-state index contributed by atoms with van der Waals surface area (Å²) in [5.74, 6) is 0.0577. The molecule has 1 aliphatic rings. The summed E-state index contributed by atoms with van der Waals surface area (Å²) in [5, 5.41) is 8.44. The van der Waals surface area contributed by atoms with Crippen LogP contribution in [0.4, 0.5) is 0 Å². The number of nitrogens with zero attached hydrogens (tertiary/aromatic N) is 2. The quantitative estimate of drug-likeness (QED) is 0.880. The number of hydrogen-bond donors (Lipinski definition) is 2. The topological polar surface area (TPSA) is 72.9 Å². The molecule has 1 fully saturated rings. The summed E-state index contributed by atoms with van der Waals surface area (Å²) in [6.07, 6.45) is 4.26. The molecule has 0 atom stereocenters. The maximum absolute atomic E-state index is 12.5. The highest BCUT2D eigenvalue weighted by molar-refractivity contribution is 6.30. The van der Waals surface area contributed by atoms with Crippen LogP contribution >= 0.6 is 11.6 Å². The molecule has 1 saturated carbocycles. The zero-order chi connectivity index (χ0) is 18.0. The highest BCUT2D eigenvalue weighted by Crippen LogP contribution is 2.21. The lowest BCUT2D eigenvalue weighted by molar-refractivity contribution is -0.121. The molecule has 0 spiro atoms. The van der Waals surface area contributed by atoms with Crippen LogP contribution in [0.5, 0.6) is 0 Å². The number of benzene rings is 1. The van der Waals surface area contributed by atoms with E-state index in [1.54, 1.807) is 0 Å². The summed E-state index contributed by atoms with van der Waals surface area (Å²) in [6.45, 7) is 3.94. The summed E-state index contributed by atoms with van der Waals surface area (Å²) in [6, 6.07) is 8.07. The van der Waals surface area contributed by atoms with Crippen molar-refractivity contribution in [1.29, 1.82) is 0 Å². The van der Waals surface area contributed by atoms with E-state index in [1.807, 2.05) is 42.8 Å². The molecule has 2 aromatic rings. The Kier molecular flexibility index (Phi) is 5.45. The summed E-state index contributed by atoms with van der Waals surface area (Å²) in [7, 11) is 0. The van der Waals surface area contributed by atoms with Crippen molar-refractivity contribution in [3.8, 4) is 5.69 Å². The number of aromatic nitrogens is 2. The predicted octanol–water partition coefficient (Wildman–Crippen LogP) is 3.07. The van der Waals surface area contributed by atoms with Crippen LogP contribution in [0.25, 0.3) is 5.69 Å². The second kappa shape index (κ2) is 7.58. The Labute approximate surface area is 153 Å². The van der Waals surface area contributed by atoms with Crippen LogP contribution in [0.1, 0.15) is 42.6 Å². The molecule has 1 aromatic carbocycles. The summed E-state index contributed by atoms with van der Waals surface area (Å²) in [5.41, 5.74) is 9.72. The van der Waals surface area contributed by atoms with Crippen LogP contribution < -0.4 is 11.1 Å². The Morgan fingerprint density at radius 1 is 1.24 bits per heavy atom. The number of hydrogen-bond acceptors (Lipinski definition) is 3. The third-order valence-corrected chi connectivity index (χ3v) is 5.24. The number of halogens is 1. The van der Waals surface area contributed by atoms with Gasteiger partial charge < -0.3 is 11.1 Å². The van der Waals surface area contributed by atoms with Crippen molar-refractivity contribution >= 4 is 17.5 Å². The number of nitrogens with two attached hydrogens (primary N) is 1. The minimum atomic E-state index is 0.0577. The van der Waals surface area contributed by atoms with E-state index in [4.69, 9.17) is 17.3 Å². The van der Waals surface area contributed by atoms with Crippen LogP contribution in [0.3, 0.4) is 0 Å². The van der Waals surface area contributed by atoms with Gasteiger partial charge >= 0.3 is 0 Å². The molecule has 0 aliphatic heterocycles. The summed E-state index contributed by atoms with van der Waals surface area (Å²) >= 11 is 5.96. The van der Waals surface area contributed by atoms with E-state index in [-0.39, 0.29) is 18.0 Å². The molecule has 0 saturated heterocycles. The average Bonchev–Trinajstić information content (AvgIpc) is 2.86. The Hall–Kier alpha value is -1.85. The first kappa shape index (κ1) is 18.0. The fraction of sp³-hybridized carbons (Fsp3) is 0.474. The Balaban J connectivity index is 1.70. The molecule has 0 unspecified atom stereocenters. The van der Waals surface area contributed by atoms with Crippen LogP contribution in [0.2, 0.25) is 5.02 Å². The predicted molar refractivity (Wildman–Crippen MR) is 100 cm³/mol. The standard InChI is InChI=1S/C19H25ClN4O/c1-12-18(11-19(25)22-16-7-5-15(21)6-8-16)13(2)24(23-12)17-9-3-14(20)4-10-17/h3-4,9-10,15-16H,5-8,11,21H2,1-2H3,(H,22,25). The van der Waals surface area contributed by atoms with Crippen molar-refractivity contribution in [2.45, 2.75) is 58.0 Å². The molecule has 6 heteroatoms. The molecule has 1 heterocycles. The molecule has 0 bridgehead atoms. The third-order valence-electron chi connectivity index (χ3n) is 4.99. The van der Waals surface area contributed by atoms with E-state index in [0.29, 0.717) is 11.4 Å². The smallest absolute Gasteiger partial charge is 0.224 e. The molecule has 3 N–H and O–H groups in total. The van der Waals surface area contributed by atoms with Gasteiger partial charge in [0.1, 0.15) is 0 Å². The number of rotatable bonds is 4. The van der Waals surface area contributed by atoms with E-state index in [9.17, 15) is 4.79 Å². The number of nitrogens with one attached hydrogen (secondary N) is 1. The largest absolute Gasteiger partial charge is 0.353 e. The molecular formula is C19H25ClN4O. The SMILES string of the molecule is Cc1nn(-c2ccc(Cl)cc2)c(C)c1CC(=O)NC1CCC(N)CC1. The molecule has 0 radical (unpaired) electrons. The van der Waals surface area contributed by atoms with Gasteiger partial charge in [0.25, 0.3) is 0 Å². The fourth-order valence-corrected chi connectivity index (χ4v) is 3.59. The van der Waals surface area contributed by atoms with E-state index in [1.165, 1.54) is 0 Å². The molecule has 1 aromatic heterocycles. The van der Waals surface area contributed by atoms with Crippen molar-refractivity contribution in [2.75, 3.05) is 0 Å². The van der Waals surface area contributed by atoms with Gasteiger partial charge in [-0.2, -0.15) is 5.10 Å². The summed E-state index contributed by atoms with van der Waals surface area (Å²) < 4.78 is 1.87. The van der Waals surface area contributed by atoms with Gasteiger partial charge in [-0.1, -0.05) is 11.6 Å². The maximum atomic E-state index is 12.5. The first-order valence-corrected chi connectivity index (χ1v) is 9.18. The van der Waals surface area contributed by atoms with Gasteiger partial charge in [0.15, 0.2) is 0 Å². The van der Waals surface area contributed by atoms with Crippen molar-refractivity contribution in [3.05, 3.63) is 46.2 Å². The van der Waals surface area contributed by atoms with Crippen LogP contribution in [-0.2, 0) is 11.2 Å². The zero-order valence-electron chi connectivity index (χ0n) is 14.8. The Bertz CT molecular complexity index is 746. The van der Waals surface area contributed by atoms with Crippen LogP contribution in [0, 0.1) is 13.8 Å². The molecule has 1 aliphatic carbocycles. The first-order valence-electron chi connectivity index (χ1n) is 8.80. The van der Waals surface area contributed by atoms with Gasteiger partial charge in [0.05, 0.1) is 17.8 Å². The van der Waals surface area contributed by atoms with E-state index in [0.717, 1.165) is 48.3 Å². The van der Waals surface area contributed by atoms with Gasteiger partial charge in [0.2, 0.25) is 5.91 Å². The van der Waals surface area contributed by atoms with E-state index >= 15 is 0 Å².